The molecule has 0 saturated heterocycles. The Bertz CT molecular complexity index is 1010. The van der Waals surface area contributed by atoms with Crippen molar-refractivity contribution in [3.8, 4) is 0 Å². The number of hydrogen-bond acceptors (Lipinski definition) is 4. The molecule has 7 heteroatoms. The predicted octanol–water partition coefficient (Wildman–Crippen LogP) is 5.41. The van der Waals surface area contributed by atoms with E-state index in [9.17, 15) is 9.59 Å². The standard InChI is InChI=1S/C22H18Cl2N2O3/c1-2-29-22(28)16-8-10-17(11-9-16)26(14-15-5-4-12-25-13-15)21(27)18-6-3-7-19(23)20(18)24/h3-13H,2,14H2,1H3. The normalized spacial score (nSPS) is 10.4. The van der Waals surface area contributed by atoms with E-state index in [4.69, 9.17) is 27.9 Å². The van der Waals surface area contributed by atoms with Crippen LogP contribution in [0.4, 0.5) is 5.69 Å². The highest BCUT2D eigenvalue weighted by atomic mass is 35.5. The number of amides is 1. The van der Waals surface area contributed by atoms with Crippen LogP contribution < -0.4 is 4.90 Å². The fourth-order valence-corrected chi connectivity index (χ4v) is 3.14. The molecule has 0 saturated carbocycles. The number of benzene rings is 2. The molecule has 5 nitrogen and oxygen atoms in total. The highest BCUT2D eigenvalue weighted by Gasteiger charge is 2.22. The summed E-state index contributed by atoms with van der Waals surface area (Å²) in [6, 6.07) is 15.2. The number of rotatable bonds is 6. The van der Waals surface area contributed by atoms with E-state index < -0.39 is 5.97 Å². The zero-order chi connectivity index (χ0) is 20.8. The van der Waals surface area contributed by atoms with Gasteiger partial charge in [0.15, 0.2) is 0 Å². The van der Waals surface area contributed by atoms with Gasteiger partial charge in [0.05, 0.1) is 34.3 Å². The van der Waals surface area contributed by atoms with Crippen LogP contribution >= 0.6 is 23.2 Å². The van der Waals surface area contributed by atoms with Gasteiger partial charge < -0.3 is 9.64 Å². The lowest BCUT2D eigenvalue weighted by atomic mass is 10.1. The van der Waals surface area contributed by atoms with E-state index in [0.29, 0.717) is 22.9 Å². The molecule has 0 spiro atoms. The first kappa shape index (κ1) is 20.8. The molecule has 0 N–H and O–H groups in total. The number of carbonyl (C=O) groups excluding carboxylic acids is 2. The molecule has 1 amide bonds. The van der Waals surface area contributed by atoms with E-state index in [0.717, 1.165) is 5.56 Å². The summed E-state index contributed by atoms with van der Waals surface area (Å²) in [5, 5.41) is 0.495. The molecule has 1 heterocycles. The largest absolute Gasteiger partial charge is 0.462 e. The fraction of sp³-hybridized carbons (Fsp3) is 0.136. The van der Waals surface area contributed by atoms with Crippen LogP contribution in [0.5, 0.6) is 0 Å². The van der Waals surface area contributed by atoms with Gasteiger partial charge in [-0.2, -0.15) is 0 Å². The smallest absolute Gasteiger partial charge is 0.338 e. The van der Waals surface area contributed by atoms with Crippen LogP contribution in [-0.2, 0) is 11.3 Å². The number of aromatic nitrogens is 1. The summed E-state index contributed by atoms with van der Waals surface area (Å²) < 4.78 is 5.01. The summed E-state index contributed by atoms with van der Waals surface area (Å²) in [6.45, 7) is 2.31. The lowest BCUT2D eigenvalue weighted by Gasteiger charge is -2.24. The van der Waals surface area contributed by atoms with Crippen molar-refractivity contribution < 1.29 is 14.3 Å². The Hall–Kier alpha value is -2.89. The first-order valence-electron chi connectivity index (χ1n) is 8.93. The van der Waals surface area contributed by atoms with E-state index in [1.165, 1.54) is 0 Å². The van der Waals surface area contributed by atoms with Gasteiger partial charge >= 0.3 is 5.97 Å². The van der Waals surface area contributed by atoms with Gasteiger partial charge in [0, 0.05) is 18.1 Å². The van der Waals surface area contributed by atoms with Crippen molar-refractivity contribution in [2.24, 2.45) is 0 Å². The van der Waals surface area contributed by atoms with Gasteiger partial charge in [0.2, 0.25) is 0 Å². The van der Waals surface area contributed by atoms with Crippen LogP contribution in [0.25, 0.3) is 0 Å². The third-order valence-corrected chi connectivity index (χ3v) is 5.00. The molecule has 0 atom stereocenters. The van der Waals surface area contributed by atoms with Crippen LogP contribution in [0.2, 0.25) is 10.0 Å². The van der Waals surface area contributed by atoms with E-state index in [1.807, 2.05) is 6.07 Å². The van der Waals surface area contributed by atoms with Crippen molar-refractivity contribution >= 4 is 40.8 Å². The van der Waals surface area contributed by atoms with Crippen LogP contribution in [0.3, 0.4) is 0 Å². The molecule has 0 radical (unpaired) electrons. The Kier molecular flexibility index (Phi) is 6.86. The van der Waals surface area contributed by atoms with Gasteiger partial charge in [0.25, 0.3) is 5.91 Å². The van der Waals surface area contributed by atoms with E-state index in [2.05, 4.69) is 4.98 Å². The first-order chi connectivity index (χ1) is 14.0. The maximum absolute atomic E-state index is 13.3. The van der Waals surface area contributed by atoms with Gasteiger partial charge in [-0.3, -0.25) is 9.78 Å². The summed E-state index contributed by atoms with van der Waals surface area (Å²) in [7, 11) is 0. The second-order valence-corrected chi connectivity index (χ2v) is 6.91. The summed E-state index contributed by atoms with van der Waals surface area (Å²) >= 11 is 12.4. The van der Waals surface area contributed by atoms with Crippen molar-refractivity contribution in [1.29, 1.82) is 0 Å². The minimum Gasteiger partial charge on any atom is -0.462 e. The van der Waals surface area contributed by atoms with Crippen molar-refractivity contribution in [3.63, 3.8) is 0 Å². The van der Waals surface area contributed by atoms with Gasteiger partial charge in [-0.05, 0) is 55.0 Å². The Morgan fingerprint density at radius 3 is 2.45 bits per heavy atom. The van der Waals surface area contributed by atoms with Crippen molar-refractivity contribution in [2.45, 2.75) is 13.5 Å². The maximum Gasteiger partial charge on any atom is 0.338 e. The Morgan fingerprint density at radius 2 is 1.79 bits per heavy atom. The van der Waals surface area contributed by atoms with Gasteiger partial charge in [0.1, 0.15) is 0 Å². The second kappa shape index (κ2) is 9.54. The summed E-state index contributed by atoms with van der Waals surface area (Å²) in [6.07, 6.45) is 3.35. The molecule has 0 unspecified atom stereocenters. The predicted molar refractivity (Wildman–Crippen MR) is 114 cm³/mol. The highest BCUT2D eigenvalue weighted by Crippen LogP contribution is 2.29. The fourth-order valence-electron chi connectivity index (χ4n) is 2.76. The SMILES string of the molecule is CCOC(=O)c1ccc(N(Cc2cccnc2)C(=O)c2cccc(Cl)c2Cl)cc1. The van der Waals surface area contributed by atoms with E-state index in [1.54, 1.807) is 72.7 Å². The third-order valence-electron chi connectivity index (χ3n) is 4.18. The Balaban J connectivity index is 1.98. The van der Waals surface area contributed by atoms with Crippen LogP contribution in [0.1, 0.15) is 33.2 Å². The van der Waals surface area contributed by atoms with Crippen LogP contribution in [0, 0.1) is 0 Å². The molecule has 0 aliphatic carbocycles. The molecule has 2 aromatic carbocycles. The molecule has 29 heavy (non-hydrogen) atoms. The van der Waals surface area contributed by atoms with E-state index >= 15 is 0 Å². The quantitative estimate of drug-likeness (QED) is 0.492. The molecular formula is C22H18Cl2N2O3. The molecule has 148 valence electrons. The van der Waals surface area contributed by atoms with Crippen LogP contribution in [0.15, 0.2) is 67.0 Å². The first-order valence-corrected chi connectivity index (χ1v) is 9.68. The average molecular weight is 429 g/mol. The summed E-state index contributed by atoms with van der Waals surface area (Å²) in [5.74, 6) is -0.729. The zero-order valence-electron chi connectivity index (χ0n) is 15.6. The molecule has 1 aromatic heterocycles. The zero-order valence-corrected chi connectivity index (χ0v) is 17.2. The number of pyridine rings is 1. The molecule has 0 fully saturated rings. The molecule has 0 bridgehead atoms. The number of anilines is 1. The van der Waals surface area contributed by atoms with Gasteiger partial charge in [-0.1, -0.05) is 35.3 Å². The molecule has 0 aliphatic rings. The number of nitrogens with zero attached hydrogens (tertiary/aromatic N) is 2. The minimum absolute atomic E-state index is 0.193. The van der Waals surface area contributed by atoms with Crippen molar-refractivity contribution in [3.05, 3.63) is 93.7 Å². The van der Waals surface area contributed by atoms with Gasteiger partial charge in [-0.25, -0.2) is 4.79 Å². The number of halogens is 2. The molecule has 3 rings (SSSR count). The van der Waals surface area contributed by atoms with Gasteiger partial charge in [-0.15, -0.1) is 0 Å². The van der Waals surface area contributed by atoms with Crippen molar-refractivity contribution in [2.75, 3.05) is 11.5 Å². The minimum atomic E-state index is -0.415. The lowest BCUT2D eigenvalue weighted by molar-refractivity contribution is 0.0526. The number of carbonyl (C=O) groups is 2. The maximum atomic E-state index is 13.3. The topological polar surface area (TPSA) is 59.5 Å². The monoisotopic (exact) mass is 428 g/mol. The Labute approximate surface area is 178 Å². The third kappa shape index (κ3) is 4.94. The van der Waals surface area contributed by atoms with E-state index in [-0.39, 0.29) is 23.0 Å². The number of esters is 1. The van der Waals surface area contributed by atoms with Crippen molar-refractivity contribution in [1.82, 2.24) is 4.98 Å². The summed E-state index contributed by atoms with van der Waals surface area (Å²) in [4.78, 5) is 30.9. The summed E-state index contributed by atoms with van der Waals surface area (Å²) in [5.41, 5.74) is 2.14. The molecule has 0 aliphatic heterocycles. The van der Waals surface area contributed by atoms with Crippen LogP contribution in [-0.4, -0.2) is 23.5 Å². The Morgan fingerprint density at radius 1 is 1.03 bits per heavy atom. The second-order valence-electron chi connectivity index (χ2n) is 6.12. The highest BCUT2D eigenvalue weighted by molar-refractivity contribution is 6.44. The molecular weight excluding hydrogens is 411 g/mol. The average Bonchev–Trinajstić information content (AvgIpc) is 2.74. The lowest BCUT2D eigenvalue weighted by Crippen LogP contribution is -2.30. The number of hydrogen-bond donors (Lipinski definition) is 0. The number of ether oxygens (including phenoxy) is 1. The molecule has 3 aromatic rings.